The van der Waals surface area contributed by atoms with E-state index in [1.165, 1.54) is 26.0 Å². The van der Waals surface area contributed by atoms with Gasteiger partial charge in [0.05, 0.1) is 19.3 Å². The van der Waals surface area contributed by atoms with Gasteiger partial charge < -0.3 is 19.2 Å². The van der Waals surface area contributed by atoms with E-state index in [9.17, 15) is 9.18 Å². The third-order valence-electron chi connectivity index (χ3n) is 7.02. The van der Waals surface area contributed by atoms with E-state index in [1.54, 1.807) is 6.92 Å². The van der Waals surface area contributed by atoms with Crippen LogP contribution in [0.5, 0.6) is 5.75 Å². The van der Waals surface area contributed by atoms with Crippen molar-refractivity contribution < 1.29 is 32.2 Å². The van der Waals surface area contributed by atoms with Gasteiger partial charge in [0, 0.05) is 54.0 Å². The molecule has 1 aliphatic heterocycles. The molecule has 6 nitrogen and oxygen atoms in total. The Morgan fingerprint density at radius 2 is 1.77 bits per heavy atom. The van der Waals surface area contributed by atoms with Crippen LogP contribution in [0.2, 0.25) is 0 Å². The number of aromatic nitrogens is 1. The van der Waals surface area contributed by atoms with Crippen LogP contribution in [-0.2, 0) is 20.7 Å². The number of esters is 1. The quantitative estimate of drug-likeness (QED) is 0.176. The van der Waals surface area contributed by atoms with Crippen LogP contribution in [0.15, 0.2) is 36.4 Å². The van der Waals surface area contributed by atoms with Gasteiger partial charge >= 0.3 is 5.97 Å². The van der Waals surface area contributed by atoms with E-state index in [4.69, 9.17) is 14.2 Å². The van der Waals surface area contributed by atoms with E-state index in [0.29, 0.717) is 44.9 Å². The molecule has 0 amide bonds. The molecule has 0 saturated carbocycles. The second-order valence-electron chi connectivity index (χ2n) is 10.8. The number of hydrogen-bond acceptors (Lipinski definition) is 5. The monoisotopic (exact) mass is 560 g/mol. The summed E-state index contributed by atoms with van der Waals surface area (Å²) in [4.78, 5) is 16.4. The molecule has 0 bridgehead atoms. The number of aromatic amines is 1. The first-order chi connectivity index (χ1) is 19.2. The highest BCUT2D eigenvalue weighted by atomic mass is 19.1. The molecule has 1 aromatic heterocycles. The number of alkyl halides is 1. The van der Waals surface area contributed by atoms with Gasteiger partial charge in [0.1, 0.15) is 29.7 Å². The van der Waals surface area contributed by atoms with Crippen molar-refractivity contribution in [2.75, 3.05) is 39.5 Å². The Morgan fingerprint density at radius 1 is 1.07 bits per heavy atom. The van der Waals surface area contributed by atoms with Crippen LogP contribution in [0, 0.1) is 11.6 Å². The fourth-order valence-electron chi connectivity index (χ4n) is 5.38. The number of carbonyl (C=O) groups excluding carboxylic acids is 1. The first-order valence-electron chi connectivity index (χ1n) is 14.1. The van der Waals surface area contributed by atoms with E-state index in [2.05, 4.69) is 4.98 Å². The van der Waals surface area contributed by atoms with Gasteiger partial charge in [0.25, 0.3) is 0 Å². The molecular formula is C31H39F3N2O4. The van der Waals surface area contributed by atoms with Gasteiger partial charge in [-0.05, 0) is 58.1 Å². The van der Waals surface area contributed by atoms with Crippen molar-refractivity contribution in [3.63, 3.8) is 0 Å². The summed E-state index contributed by atoms with van der Waals surface area (Å²) in [6.45, 7) is 6.30. The van der Waals surface area contributed by atoms with Crippen molar-refractivity contribution in [2.24, 2.45) is 0 Å². The lowest BCUT2D eigenvalue weighted by atomic mass is 9.90. The average Bonchev–Trinajstić information content (AvgIpc) is 3.26. The summed E-state index contributed by atoms with van der Waals surface area (Å²) in [5.74, 6) is -1.67. The minimum absolute atomic E-state index is 0.0392. The maximum atomic E-state index is 15.6. The van der Waals surface area contributed by atoms with Crippen LogP contribution in [0.4, 0.5) is 13.2 Å². The lowest BCUT2D eigenvalue weighted by molar-refractivity contribution is -0.148. The van der Waals surface area contributed by atoms with Gasteiger partial charge in [-0.15, -0.1) is 0 Å². The first-order valence-corrected chi connectivity index (χ1v) is 14.1. The number of para-hydroxylation sites is 1. The molecule has 0 radical (unpaired) electrons. The minimum atomic E-state index is -1.54. The van der Waals surface area contributed by atoms with Crippen LogP contribution in [0.25, 0.3) is 10.9 Å². The number of ether oxygens (including phenoxy) is 3. The molecule has 1 atom stereocenters. The van der Waals surface area contributed by atoms with Gasteiger partial charge in [-0.1, -0.05) is 24.6 Å². The second-order valence-corrected chi connectivity index (χ2v) is 10.8. The minimum Gasteiger partial charge on any atom is -0.493 e. The molecule has 2 heterocycles. The predicted molar refractivity (Wildman–Crippen MR) is 148 cm³/mol. The Balaban J connectivity index is 1.40. The lowest BCUT2D eigenvalue weighted by Gasteiger charge is -2.38. The smallest absolute Gasteiger partial charge is 0.332 e. The van der Waals surface area contributed by atoms with E-state index >= 15 is 8.78 Å². The number of fused-ring (bicyclic) bond motifs is 3. The summed E-state index contributed by atoms with van der Waals surface area (Å²) < 4.78 is 61.7. The number of rotatable bonds is 14. The molecule has 9 heteroatoms. The SMILES string of the molecule is CCOC(=O)COCCCCCCOc1cc(F)c(C2c3[nH]c4ccccc4c3CCN2CC(C)(C)F)c(F)c1. The molecule has 1 unspecified atom stereocenters. The Hall–Kier alpha value is -3.04. The van der Waals surface area contributed by atoms with Crippen molar-refractivity contribution in [2.45, 2.75) is 64.6 Å². The van der Waals surface area contributed by atoms with Crippen molar-refractivity contribution in [1.29, 1.82) is 0 Å². The number of carbonyl (C=O) groups is 1. The lowest BCUT2D eigenvalue weighted by Crippen LogP contribution is -2.43. The van der Waals surface area contributed by atoms with Crippen LogP contribution >= 0.6 is 0 Å². The molecule has 2 aromatic carbocycles. The fourth-order valence-corrected chi connectivity index (χ4v) is 5.38. The molecule has 0 spiro atoms. The van der Waals surface area contributed by atoms with E-state index in [1.807, 2.05) is 29.2 Å². The highest BCUT2D eigenvalue weighted by molar-refractivity contribution is 5.85. The molecule has 40 heavy (non-hydrogen) atoms. The number of benzene rings is 2. The maximum Gasteiger partial charge on any atom is 0.332 e. The van der Waals surface area contributed by atoms with Gasteiger partial charge in [0.15, 0.2) is 0 Å². The highest BCUT2D eigenvalue weighted by Crippen LogP contribution is 2.41. The van der Waals surface area contributed by atoms with Crippen molar-refractivity contribution in [3.05, 3.63) is 64.9 Å². The maximum absolute atomic E-state index is 15.6. The Bertz CT molecular complexity index is 1260. The molecule has 1 N–H and O–H groups in total. The van der Waals surface area contributed by atoms with Gasteiger partial charge in [0.2, 0.25) is 0 Å². The Kier molecular flexibility index (Phi) is 10.1. The average molecular weight is 561 g/mol. The van der Waals surface area contributed by atoms with Gasteiger partial charge in [-0.25, -0.2) is 18.0 Å². The normalized spacial score (nSPS) is 15.8. The van der Waals surface area contributed by atoms with Crippen LogP contribution < -0.4 is 4.74 Å². The van der Waals surface area contributed by atoms with Crippen molar-refractivity contribution in [3.8, 4) is 5.75 Å². The standard InChI is InChI=1S/C31H39F3N2O4/c1-4-39-27(37)19-38-15-9-5-6-10-16-40-21-17-24(32)28(25(33)18-21)30-29-23(13-14-36(30)20-31(2,3)34)22-11-7-8-12-26(22)35-29/h7-8,11-12,17-18,30,35H,4-6,9-10,13-16,19-20H2,1-3H3. The fraction of sp³-hybridized carbons (Fsp3) is 0.516. The molecule has 3 aromatic rings. The zero-order valence-corrected chi connectivity index (χ0v) is 23.5. The van der Waals surface area contributed by atoms with Gasteiger partial charge in [-0.2, -0.15) is 0 Å². The van der Waals surface area contributed by atoms with Gasteiger partial charge in [-0.3, -0.25) is 4.90 Å². The second kappa shape index (κ2) is 13.5. The molecular weight excluding hydrogens is 521 g/mol. The van der Waals surface area contributed by atoms with Crippen LogP contribution in [-0.4, -0.2) is 61.0 Å². The third kappa shape index (κ3) is 7.57. The van der Waals surface area contributed by atoms with E-state index in [-0.39, 0.29) is 30.4 Å². The van der Waals surface area contributed by atoms with Crippen LogP contribution in [0.3, 0.4) is 0 Å². The predicted octanol–water partition coefficient (Wildman–Crippen LogP) is 6.66. The van der Waals surface area contributed by atoms with Crippen molar-refractivity contribution in [1.82, 2.24) is 9.88 Å². The largest absolute Gasteiger partial charge is 0.493 e. The number of H-pyrrole nitrogens is 1. The molecule has 4 rings (SSSR count). The number of halogens is 3. The number of nitrogens with zero attached hydrogens (tertiary/aromatic N) is 1. The summed E-state index contributed by atoms with van der Waals surface area (Å²) in [6, 6.07) is 9.44. The van der Waals surface area contributed by atoms with Crippen molar-refractivity contribution >= 4 is 16.9 Å². The zero-order chi connectivity index (χ0) is 28.7. The number of hydrogen-bond donors (Lipinski definition) is 1. The zero-order valence-electron chi connectivity index (χ0n) is 23.5. The third-order valence-corrected chi connectivity index (χ3v) is 7.02. The molecule has 0 aliphatic carbocycles. The summed E-state index contributed by atoms with van der Waals surface area (Å²) in [5.41, 5.74) is 0.968. The van der Waals surface area contributed by atoms with E-state index < -0.39 is 23.3 Å². The number of nitrogens with one attached hydrogen (secondary N) is 1. The summed E-state index contributed by atoms with van der Waals surface area (Å²) in [6.07, 6.45) is 3.89. The summed E-state index contributed by atoms with van der Waals surface area (Å²) >= 11 is 0. The Labute approximate surface area is 233 Å². The van der Waals surface area contributed by atoms with Crippen LogP contribution in [0.1, 0.15) is 69.3 Å². The topological polar surface area (TPSA) is 63.8 Å². The summed E-state index contributed by atoms with van der Waals surface area (Å²) in [5, 5.41) is 1.02. The molecule has 1 aliphatic rings. The number of unbranched alkanes of at least 4 members (excludes halogenated alkanes) is 3. The Morgan fingerprint density at radius 3 is 2.48 bits per heavy atom. The summed E-state index contributed by atoms with van der Waals surface area (Å²) in [7, 11) is 0. The molecule has 0 saturated heterocycles. The van der Waals surface area contributed by atoms with E-state index in [0.717, 1.165) is 35.7 Å². The highest BCUT2D eigenvalue weighted by Gasteiger charge is 2.37. The first kappa shape index (κ1) is 29.9. The molecule has 0 fully saturated rings. The molecule has 218 valence electrons.